The Morgan fingerprint density at radius 1 is 0.967 bits per heavy atom. The van der Waals surface area contributed by atoms with Crippen LogP contribution in [0.15, 0.2) is 24.3 Å². The van der Waals surface area contributed by atoms with Gasteiger partial charge >= 0.3 is 0 Å². The van der Waals surface area contributed by atoms with E-state index in [-0.39, 0.29) is 29.4 Å². The van der Waals surface area contributed by atoms with Crippen molar-refractivity contribution in [3.8, 4) is 0 Å². The van der Waals surface area contributed by atoms with E-state index in [0.29, 0.717) is 18.8 Å². The molecule has 1 N–H and O–H groups in total. The third-order valence-electron chi connectivity index (χ3n) is 5.88. The molecule has 0 aliphatic carbocycles. The SMILES string of the molecule is Cc1cccc(NC(=O)CSCC(=O)N2CCC(C(=O)N3CCCCCC3)CC2)c1. The Kier molecular flexibility index (Phi) is 8.61. The molecule has 1 aromatic rings. The summed E-state index contributed by atoms with van der Waals surface area (Å²) in [5.74, 6) is 0.852. The second kappa shape index (κ2) is 11.4. The maximum absolute atomic E-state index is 12.8. The fourth-order valence-electron chi connectivity index (χ4n) is 4.17. The van der Waals surface area contributed by atoms with Crippen LogP contribution in [0.3, 0.4) is 0 Å². The summed E-state index contributed by atoms with van der Waals surface area (Å²) in [4.78, 5) is 41.2. The molecule has 3 amide bonds. The molecular formula is C23H33N3O3S. The number of piperidine rings is 1. The average Bonchev–Trinajstić information content (AvgIpc) is 3.03. The Bertz CT molecular complexity index is 739. The molecule has 1 aromatic carbocycles. The van der Waals surface area contributed by atoms with E-state index in [4.69, 9.17) is 0 Å². The predicted molar refractivity (Wildman–Crippen MR) is 121 cm³/mol. The number of hydrogen-bond donors (Lipinski definition) is 1. The van der Waals surface area contributed by atoms with Crippen molar-refractivity contribution < 1.29 is 14.4 Å². The summed E-state index contributed by atoms with van der Waals surface area (Å²) in [6.07, 6.45) is 6.16. The molecule has 7 heteroatoms. The molecule has 164 valence electrons. The lowest BCUT2D eigenvalue weighted by atomic mass is 9.95. The number of hydrogen-bond acceptors (Lipinski definition) is 4. The number of benzene rings is 1. The molecule has 30 heavy (non-hydrogen) atoms. The fourth-order valence-corrected chi connectivity index (χ4v) is 4.88. The number of rotatable bonds is 6. The van der Waals surface area contributed by atoms with Gasteiger partial charge in [0.25, 0.3) is 0 Å². The standard InChI is InChI=1S/C23H33N3O3S/c1-18-7-6-8-20(15-18)24-21(27)16-30-17-22(28)25-13-9-19(10-14-25)23(29)26-11-4-2-3-5-12-26/h6-8,15,19H,2-5,9-14,16-17H2,1H3,(H,24,27). The third kappa shape index (κ3) is 6.76. The number of nitrogens with one attached hydrogen (secondary N) is 1. The lowest BCUT2D eigenvalue weighted by Crippen LogP contribution is -2.45. The summed E-state index contributed by atoms with van der Waals surface area (Å²) in [7, 11) is 0. The lowest BCUT2D eigenvalue weighted by molar-refractivity contribution is -0.139. The summed E-state index contributed by atoms with van der Waals surface area (Å²) in [6.45, 7) is 5.03. The molecule has 2 fully saturated rings. The molecule has 0 radical (unpaired) electrons. The maximum atomic E-state index is 12.8. The van der Waals surface area contributed by atoms with E-state index in [1.165, 1.54) is 24.6 Å². The molecule has 0 atom stereocenters. The van der Waals surface area contributed by atoms with E-state index in [1.807, 2.05) is 41.0 Å². The van der Waals surface area contributed by atoms with E-state index >= 15 is 0 Å². The molecule has 0 aromatic heterocycles. The Labute approximate surface area is 183 Å². The third-order valence-corrected chi connectivity index (χ3v) is 6.79. The smallest absolute Gasteiger partial charge is 0.234 e. The first kappa shape index (κ1) is 22.7. The minimum atomic E-state index is -0.0971. The minimum Gasteiger partial charge on any atom is -0.342 e. The van der Waals surface area contributed by atoms with Gasteiger partial charge in [0.05, 0.1) is 11.5 Å². The number of aryl methyl sites for hydroxylation is 1. The first-order valence-electron chi connectivity index (χ1n) is 11.0. The topological polar surface area (TPSA) is 69.7 Å². The van der Waals surface area contributed by atoms with Crippen molar-refractivity contribution in [3.63, 3.8) is 0 Å². The van der Waals surface area contributed by atoms with Gasteiger partial charge in [-0.05, 0) is 50.3 Å². The van der Waals surface area contributed by atoms with Crippen molar-refractivity contribution in [2.75, 3.05) is 43.0 Å². The number of thioether (sulfide) groups is 1. The highest BCUT2D eigenvalue weighted by Crippen LogP contribution is 2.22. The van der Waals surface area contributed by atoms with Crippen molar-refractivity contribution >= 4 is 35.2 Å². The maximum Gasteiger partial charge on any atom is 0.234 e. The molecule has 6 nitrogen and oxygen atoms in total. The normalized spacial score (nSPS) is 18.0. The molecule has 2 aliphatic rings. The van der Waals surface area contributed by atoms with Crippen molar-refractivity contribution in [1.82, 2.24) is 9.80 Å². The van der Waals surface area contributed by atoms with Crippen LogP contribution in [0.25, 0.3) is 0 Å². The van der Waals surface area contributed by atoms with Gasteiger partial charge in [-0.15, -0.1) is 11.8 Å². The lowest BCUT2D eigenvalue weighted by Gasteiger charge is -2.34. The molecule has 0 unspecified atom stereocenters. The minimum absolute atomic E-state index is 0.0555. The molecular weight excluding hydrogens is 398 g/mol. The number of amides is 3. The molecule has 0 spiro atoms. The van der Waals surface area contributed by atoms with Crippen LogP contribution in [-0.4, -0.2) is 65.2 Å². The van der Waals surface area contributed by atoms with Gasteiger partial charge in [-0.25, -0.2) is 0 Å². The number of carbonyl (C=O) groups is 3. The molecule has 3 rings (SSSR count). The van der Waals surface area contributed by atoms with Gasteiger partial charge in [-0.2, -0.15) is 0 Å². The quantitative estimate of drug-likeness (QED) is 0.750. The Morgan fingerprint density at radius 3 is 2.33 bits per heavy atom. The summed E-state index contributed by atoms with van der Waals surface area (Å²) < 4.78 is 0. The van der Waals surface area contributed by atoms with Gasteiger partial charge in [-0.3, -0.25) is 14.4 Å². The van der Waals surface area contributed by atoms with E-state index in [0.717, 1.165) is 50.0 Å². The number of nitrogens with zero attached hydrogens (tertiary/aromatic N) is 2. The van der Waals surface area contributed by atoms with E-state index in [1.54, 1.807) is 0 Å². The van der Waals surface area contributed by atoms with Crippen molar-refractivity contribution in [3.05, 3.63) is 29.8 Å². The van der Waals surface area contributed by atoms with Crippen LogP contribution in [0, 0.1) is 12.8 Å². The van der Waals surface area contributed by atoms with Crippen LogP contribution in [0.4, 0.5) is 5.69 Å². The second-order valence-corrected chi connectivity index (χ2v) is 9.29. The van der Waals surface area contributed by atoms with Gasteiger partial charge in [0.2, 0.25) is 17.7 Å². The van der Waals surface area contributed by atoms with Gasteiger partial charge in [0.1, 0.15) is 0 Å². The number of anilines is 1. The first-order valence-corrected chi connectivity index (χ1v) is 12.2. The zero-order chi connectivity index (χ0) is 21.3. The highest BCUT2D eigenvalue weighted by Gasteiger charge is 2.30. The van der Waals surface area contributed by atoms with E-state index < -0.39 is 0 Å². The predicted octanol–water partition coefficient (Wildman–Crippen LogP) is 3.31. The van der Waals surface area contributed by atoms with Gasteiger partial charge in [-0.1, -0.05) is 25.0 Å². The molecule has 0 saturated carbocycles. The summed E-state index contributed by atoms with van der Waals surface area (Å²) in [5, 5.41) is 2.86. The van der Waals surface area contributed by atoms with Crippen LogP contribution >= 0.6 is 11.8 Å². The largest absolute Gasteiger partial charge is 0.342 e. The van der Waals surface area contributed by atoms with Crippen molar-refractivity contribution in [1.29, 1.82) is 0 Å². The van der Waals surface area contributed by atoms with E-state index in [9.17, 15) is 14.4 Å². The number of carbonyl (C=O) groups excluding carboxylic acids is 3. The highest BCUT2D eigenvalue weighted by atomic mass is 32.2. The fraction of sp³-hybridized carbons (Fsp3) is 0.609. The average molecular weight is 432 g/mol. The highest BCUT2D eigenvalue weighted by molar-refractivity contribution is 8.00. The molecule has 2 saturated heterocycles. The van der Waals surface area contributed by atoms with E-state index in [2.05, 4.69) is 5.32 Å². The van der Waals surface area contributed by atoms with Crippen molar-refractivity contribution in [2.24, 2.45) is 5.92 Å². The Balaban J connectivity index is 1.35. The first-order chi connectivity index (χ1) is 14.5. The Hall–Kier alpha value is -2.02. The van der Waals surface area contributed by atoms with Crippen LogP contribution < -0.4 is 5.32 Å². The van der Waals surface area contributed by atoms with Crippen LogP contribution in [-0.2, 0) is 14.4 Å². The molecule has 2 heterocycles. The second-order valence-electron chi connectivity index (χ2n) is 8.31. The summed E-state index contributed by atoms with van der Waals surface area (Å²) >= 11 is 1.34. The van der Waals surface area contributed by atoms with Gasteiger partial charge < -0.3 is 15.1 Å². The van der Waals surface area contributed by atoms with Crippen LogP contribution in [0.1, 0.15) is 44.1 Å². The van der Waals surface area contributed by atoms with Gasteiger partial charge in [0, 0.05) is 37.8 Å². The van der Waals surface area contributed by atoms with Crippen molar-refractivity contribution in [2.45, 2.75) is 45.4 Å². The summed E-state index contributed by atoms with van der Waals surface area (Å²) in [5.41, 5.74) is 1.87. The van der Waals surface area contributed by atoms with Crippen LogP contribution in [0.2, 0.25) is 0 Å². The zero-order valence-electron chi connectivity index (χ0n) is 17.9. The molecule has 0 bridgehead atoms. The summed E-state index contributed by atoms with van der Waals surface area (Å²) in [6, 6.07) is 7.67. The Morgan fingerprint density at radius 2 is 1.67 bits per heavy atom. The zero-order valence-corrected chi connectivity index (χ0v) is 18.7. The molecule has 2 aliphatic heterocycles. The number of likely N-dealkylation sites (tertiary alicyclic amines) is 2. The van der Waals surface area contributed by atoms with Crippen LogP contribution in [0.5, 0.6) is 0 Å². The monoisotopic (exact) mass is 431 g/mol. The van der Waals surface area contributed by atoms with Gasteiger partial charge in [0.15, 0.2) is 0 Å².